The predicted molar refractivity (Wildman–Crippen MR) is 150 cm³/mol. The largest absolute Gasteiger partial charge is 0.470 e. The number of aliphatic hydroxyl groups excluding tert-OH is 3. The number of amides is 1. The summed E-state index contributed by atoms with van der Waals surface area (Å²) in [6.07, 6.45) is 11.7. The first-order chi connectivity index (χ1) is 19.5. The Bertz CT molecular complexity index is 953. The molecule has 0 aromatic heterocycles. The molecule has 1 heterocycles. The standard InChI is InChI=1S/C29H47N5O6/c30-34-33-25-10-5-4-9-24(25)26-29(17-20-7-2-1-3-8-20,28(38)31-18-22(37)19-36)32-27(40-26)21-11-13-23(14-12-21)39-16-6-15-35/h20-23,26,35-37H,1-19H2,(H,31,38)/t21?,22?,23?,26-,29-/m0/s1. The SMILES string of the molecule is [N-]=[N+]=NC1=C([C@@H]2OC(C3CCC(OCCCO)CC3)=N[C@]2(CC2CCCCC2)C(=O)NCC(O)CO)CCCC1. The molecule has 4 rings (SSSR count). The molecule has 0 saturated heterocycles. The summed E-state index contributed by atoms with van der Waals surface area (Å²) in [5, 5.41) is 35.4. The lowest BCUT2D eigenvalue weighted by molar-refractivity contribution is -0.129. The zero-order chi connectivity index (χ0) is 28.4. The average Bonchev–Trinajstić information content (AvgIpc) is 3.37. The first kappa shape index (κ1) is 30.8. The Morgan fingerprint density at radius 2 is 1.88 bits per heavy atom. The van der Waals surface area contributed by atoms with E-state index in [1.807, 2.05) is 0 Å². The molecule has 4 N–H and O–H groups in total. The van der Waals surface area contributed by atoms with Crippen LogP contribution in [0.3, 0.4) is 0 Å². The molecule has 0 bridgehead atoms. The summed E-state index contributed by atoms with van der Waals surface area (Å²) in [5.41, 5.74) is 9.62. The van der Waals surface area contributed by atoms with Gasteiger partial charge in [-0.05, 0) is 81.2 Å². The van der Waals surface area contributed by atoms with E-state index in [1.165, 1.54) is 6.42 Å². The van der Waals surface area contributed by atoms with Crippen molar-refractivity contribution >= 4 is 11.8 Å². The molecule has 1 unspecified atom stereocenters. The highest BCUT2D eigenvalue weighted by atomic mass is 16.5. The number of azide groups is 1. The number of aliphatic hydroxyl groups is 3. The number of rotatable bonds is 13. The summed E-state index contributed by atoms with van der Waals surface area (Å²) in [4.78, 5) is 22.4. The van der Waals surface area contributed by atoms with Gasteiger partial charge >= 0.3 is 0 Å². The molecule has 11 heteroatoms. The van der Waals surface area contributed by atoms with Gasteiger partial charge in [0.05, 0.1) is 18.8 Å². The van der Waals surface area contributed by atoms with Gasteiger partial charge in [-0.3, -0.25) is 4.79 Å². The molecular formula is C29H47N5O6. The fraction of sp³-hybridized carbons (Fsp3) is 0.862. The summed E-state index contributed by atoms with van der Waals surface area (Å²) in [7, 11) is 0. The smallest absolute Gasteiger partial charge is 0.252 e. The van der Waals surface area contributed by atoms with Gasteiger partial charge in [-0.2, -0.15) is 0 Å². The highest BCUT2D eigenvalue weighted by Gasteiger charge is 2.56. The van der Waals surface area contributed by atoms with Crippen LogP contribution in [0.2, 0.25) is 0 Å². The van der Waals surface area contributed by atoms with E-state index in [4.69, 9.17) is 19.6 Å². The number of carbonyl (C=O) groups excluding carboxylic acids is 1. The Balaban J connectivity index is 1.66. The van der Waals surface area contributed by atoms with Crippen molar-refractivity contribution in [2.75, 3.05) is 26.4 Å². The van der Waals surface area contributed by atoms with Crippen LogP contribution in [0.15, 0.2) is 21.4 Å². The van der Waals surface area contributed by atoms with Crippen LogP contribution in [-0.2, 0) is 14.3 Å². The van der Waals surface area contributed by atoms with E-state index in [1.54, 1.807) is 0 Å². The minimum atomic E-state index is -1.22. The maximum atomic E-state index is 14.1. The number of aliphatic imine (C=N–C) groups is 1. The van der Waals surface area contributed by atoms with Gasteiger partial charge in [0.25, 0.3) is 5.91 Å². The van der Waals surface area contributed by atoms with E-state index in [2.05, 4.69) is 15.3 Å². The molecule has 224 valence electrons. The van der Waals surface area contributed by atoms with Crippen LogP contribution in [0.4, 0.5) is 0 Å². The fourth-order valence-corrected chi connectivity index (χ4v) is 6.88. The Morgan fingerprint density at radius 1 is 1.12 bits per heavy atom. The highest BCUT2D eigenvalue weighted by Crippen LogP contribution is 2.46. The molecular weight excluding hydrogens is 514 g/mol. The van der Waals surface area contributed by atoms with Gasteiger partial charge in [0.2, 0.25) is 0 Å². The topological polar surface area (TPSA) is 169 Å². The lowest BCUT2D eigenvalue weighted by Crippen LogP contribution is -2.55. The van der Waals surface area contributed by atoms with Crippen molar-refractivity contribution in [2.24, 2.45) is 21.9 Å². The second-order valence-corrected chi connectivity index (χ2v) is 11.9. The molecule has 3 aliphatic carbocycles. The number of carbonyl (C=O) groups is 1. The van der Waals surface area contributed by atoms with E-state index in [0.717, 1.165) is 69.8 Å². The maximum absolute atomic E-state index is 14.1. The second-order valence-electron chi connectivity index (χ2n) is 11.9. The van der Waals surface area contributed by atoms with Gasteiger partial charge in [-0.15, -0.1) is 0 Å². The minimum absolute atomic E-state index is 0.0661. The van der Waals surface area contributed by atoms with E-state index in [9.17, 15) is 20.5 Å². The van der Waals surface area contributed by atoms with Gasteiger partial charge in [-0.1, -0.05) is 37.2 Å². The predicted octanol–water partition coefficient (Wildman–Crippen LogP) is 4.06. The van der Waals surface area contributed by atoms with Crippen LogP contribution in [0.25, 0.3) is 10.4 Å². The summed E-state index contributed by atoms with van der Waals surface area (Å²) < 4.78 is 12.7. The minimum Gasteiger partial charge on any atom is -0.470 e. The molecule has 0 spiro atoms. The van der Waals surface area contributed by atoms with Crippen LogP contribution in [0.1, 0.15) is 96.3 Å². The number of allylic oxidation sites excluding steroid dienone is 1. The molecule has 1 aliphatic heterocycles. The molecule has 11 nitrogen and oxygen atoms in total. The summed E-state index contributed by atoms with van der Waals surface area (Å²) >= 11 is 0. The number of hydrogen-bond donors (Lipinski definition) is 4. The maximum Gasteiger partial charge on any atom is 0.252 e. The number of hydrogen-bond acceptors (Lipinski definition) is 8. The zero-order valence-electron chi connectivity index (χ0n) is 23.7. The summed E-state index contributed by atoms with van der Waals surface area (Å²) in [6.45, 7) is 0.152. The molecule has 3 atom stereocenters. The first-order valence-electron chi connectivity index (χ1n) is 15.3. The number of nitrogens with one attached hydrogen (secondary N) is 1. The van der Waals surface area contributed by atoms with Crippen LogP contribution >= 0.6 is 0 Å². The molecule has 2 saturated carbocycles. The van der Waals surface area contributed by atoms with Crippen LogP contribution < -0.4 is 5.32 Å². The molecule has 0 aromatic rings. The fourth-order valence-electron chi connectivity index (χ4n) is 6.88. The highest BCUT2D eigenvalue weighted by molar-refractivity contribution is 5.94. The van der Waals surface area contributed by atoms with Crippen molar-refractivity contribution in [3.63, 3.8) is 0 Å². The zero-order valence-corrected chi connectivity index (χ0v) is 23.7. The lowest BCUT2D eigenvalue weighted by atomic mass is 9.73. The third kappa shape index (κ3) is 7.56. The Hall–Kier alpha value is -2.17. The normalized spacial score (nSPS) is 30.3. The molecule has 4 aliphatic rings. The van der Waals surface area contributed by atoms with Gasteiger partial charge in [0, 0.05) is 36.3 Å². The number of nitrogens with zero attached hydrogens (tertiary/aromatic N) is 4. The quantitative estimate of drug-likeness (QED) is 0.114. The van der Waals surface area contributed by atoms with Crippen molar-refractivity contribution in [2.45, 2.75) is 120 Å². The monoisotopic (exact) mass is 561 g/mol. The van der Waals surface area contributed by atoms with Gasteiger partial charge in [0.15, 0.2) is 17.5 Å². The molecule has 0 radical (unpaired) electrons. The summed E-state index contributed by atoms with van der Waals surface area (Å²) in [5.74, 6) is 0.686. The lowest BCUT2D eigenvalue weighted by Gasteiger charge is -2.37. The summed E-state index contributed by atoms with van der Waals surface area (Å²) in [6, 6.07) is 0. The van der Waals surface area contributed by atoms with Crippen LogP contribution in [0, 0.1) is 11.8 Å². The molecule has 2 fully saturated rings. The van der Waals surface area contributed by atoms with Crippen molar-refractivity contribution in [3.05, 3.63) is 21.7 Å². The van der Waals surface area contributed by atoms with Gasteiger partial charge in [0.1, 0.15) is 0 Å². The average molecular weight is 562 g/mol. The van der Waals surface area contributed by atoms with Gasteiger partial charge in [-0.25, -0.2) is 4.99 Å². The van der Waals surface area contributed by atoms with Crippen LogP contribution in [-0.4, -0.2) is 77.3 Å². The molecule has 0 aromatic carbocycles. The number of ether oxygens (including phenoxy) is 2. The van der Waals surface area contributed by atoms with E-state index in [-0.39, 0.29) is 31.1 Å². The molecule has 1 amide bonds. The van der Waals surface area contributed by atoms with Crippen LogP contribution in [0.5, 0.6) is 0 Å². The van der Waals surface area contributed by atoms with E-state index < -0.39 is 24.4 Å². The Kier molecular flexibility index (Phi) is 11.7. The Morgan fingerprint density at radius 3 is 2.58 bits per heavy atom. The van der Waals surface area contributed by atoms with E-state index in [0.29, 0.717) is 49.8 Å². The van der Waals surface area contributed by atoms with Crippen molar-refractivity contribution in [3.8, 4) is 0 Å². The van der Waals surface area contributed by atoms with Crippen molar-refractivity contribution < 1.29 is 29.6 Å². The molecule has 40 heavy (non-hydrogen) atoms. The second kappa shape index (κ2) is 15.2. The van der Waals surface area contributed by atoms with Crippen molar-refractivity contribution in [1.82, 2.24) is 5.32 Å². The first-order valence-corrected chi connectivity index (χ1v) is 15.3. The third-order valence-electron chi connectivity index (χ3n) is 9.05. The third-order valence-corrected chi connectivity index (χ3v) is 9.05. The Labute approximate surface area is 237 Å². The van der Waals surface area contributed by atoms with Gasteiger partial charge < -0.3 is 30.1 Å². The van der Waals surface area contributed by atoms with Crippen molar-refractivity contribution in [1.29, 1.82) is 0 Å². The van der Waals surface area contributed by atoms with E-state index >= 15 is 0 Å².